The molecule has 1 heterocycles. The molecule has 0 saturated carbocycles. The lowest BCUT2D eigenvalue weighted by Gasteiger charge is -2.29. The van der Waals surface area contributed by atoms with E-state index in [4.69, 9.17) is 9.47 Å². The number of benzene rings is 1. The van der Waals surface area contributed by atoms with E-state index in [0.717, 1.165) is 25.7 Å². The van der Waals surface area contributed by atoms with E-state index in [9.17, 15) is 17.6 Å². The molecule has 0 N–H and O–H groups in total. The van der Waals surface area contributed by atoms with Crippen molar-refractivity contribution in [2.45, 2.75) is 51.8 Å². The standard InChI is InChI=1S/C17H22F4O2/c1-3-4-12-6-7-13(22-9-12)10-23-14-8-5-11(2)16(18)15(14)17(19,20)21/h5,8,12-13H,3-4,6-7,9-10H2,1-2H3. The summed E-state index contributed by atoms with van der Waals surface area (Å²) in [5.74, 6) is -1.23. The Hall–Kier alpha value is -1.30. The highest BCUT2D eigenvalue weighted by Gasteiger charge is 2.39. The molecule has 6 heteroatoms. The van der Waals surface area contributed by atoms with Gasteiger partial charge in [0, 0.05) is 6.61 Å². The number of halogens is 4. The summed E-state index contributed by atoms with van der Waals surface area (Å²) in [6.45, 7) is 4.02. The molecule has 2 atom stereocenters. The molecule has 0 aliphatic carbocycles. The third kappa shape index (κ3) is 4.59. The second-order valence-electron chi connectivity index (χ2n) is 6.07. The summed E-state index contributed by atoms with van der Waals surface area (Å²) in [6.07, 6.45) is -1.11. The second-order valence-corrected chi connectivity index (χ2v) is 6.07. The van der Waals surface area contributed by atoms with Gasteiger partial charge in [0.25, 0.3) is 0 Å². The molecule has 2 nitrogen and oxygen atoms in total. The predicted octanol–water partition coefficient (Wildman–Crippen LogP) is 5.13. The Morgan fingerprint density at radius 3 is 2.57 bits per heavy atom. The van der Waals surface area contributed by atoms with Crippen molar-refractivity contribution in [2.24, 2.45) is 5.92 Å². The lowest BCUT2D eigenvalue weighted by Crippen LogP contribution is -2.31. The van der Waals surface area contributed by atoms with Gasteiger partial charge in [-0.25, -0.2) is 4.39 Å². The van der Waals surface area contributed by atoms with E-state index in [-0.39, 0.29) is 18.3 Å². The Balaban J connectivity index is 2.00. The second kappa shape index (κ2) is 7.51. The third-order valence-electron chi connectivity index (χ3n) is 4.17. The molecule has 0 amide bonds. The normalized spacial score (nSPS) is 22.2. The summed E-state index contributed by atoms with van der Waals surface area (Å²) in [7, 11) is 0. The van der Waals surface area contributed by atoms with Gasteiger partial charge in [-0.1, -0.05) is 19.4 Å². The third-order valence-corrected chi connectivity index (χ3v) is 4.17. The smallest absolute Gasteiger partial charge is 0.422 e. The fraction of sp³-hybridized carbons (Fsp3) is 0.647. The number of hydrogen-bond acceptors (Lipinski definition) is 2. The van der Waals surface area contributed by atoms with E-state index in [2.05, 4.69) is 6.92 Å². The van der Waals surface area contributed by atoms with Crippen molar-refractivity contribution >= 4 is 0 Å². The first-order valence-corrected chi connectivity index (χ1v) is 7.93. The van der Waals surface area contributed by atoms with E-state index >= 15 is 0 Å². The summed E-state index contributed by atoms with van der Waals surface area (Å²) < 4.78 is 63.8. The number of rotatable bonds is 5. The van der Waals surface area contributed by atoms with Gasteiger partial charge in [0.05, 0.1) is 6.10 Å². The SMILES string of the molecule is CCCC1CCC(COc2ccc(C)c(F)c2C(F)(F)F)OC1. The first kappa shape index (κ1) is 18.0. The van der Waals surface area contributed by atoms with Crippen LogP contribution in [0.15, 0.2) is 12.1 Å². The molecule has 0 bridgehead atoms. The van der Waals surface area contributed by atoms with Crippen LogP contribution in [0.4, 0.5) is 17.6 Å². The van der Waals surface area contributed by atoms with Crippen LogP contribution < -0.4 is 4.74 Å². The van der Waals surface area contributed by atoms with Gasteiger partial charge in [0.2, 0.25) is 0 Å². The average Bonchev–Trinajstić information content (AvgIpc) is 2.49. The molecule has 130 valence electrons. The van der Waals surface area contributed by atoms with Crippen LogP contribution in [0.25, 0.3) is 0 Å². The summed E-state index contributed by atoms with van der Waals surface area (Å²) >= 11 is 0. The predicted molar refractivity (Wildman–Crippen MR) is 79.0 cm³/mol. The molecule has 1 saturated heterocycles. The Kier molecular flexibility index (Phi) is 5.89. The Morgan fingerprint density at radius 2 is 2.00 bits per heavy atom. The fourth-order valence-corrected chi connectivity index (χ4v) is 2.86. The van der Waals surface area contributed by atoms with E-state index in [1.807, 2.05) is 0 Å². The van der Waals surface area contributed by atoms with Crippen molar-refractivity contribution in [3.05, 3.63) is 29.1 Å². The van der Waals surface area contributed by atoms with Crippen molar-refractivity contribution in [3.63, 3.8) is 0 Å². The maximum atomic E-state index is 13.8. The molecule has 2 rings (SSSR count). The van der Waals surface area contributed by atoms with Crippen LogP contribution in [0.5, 0.6) is 5.75 Å². The first-order chi connectivity index (χ1) is 10.8. The molecule has 0 spiro atoms. The monoisotopic (exact) mass is 334 g/mol. The summed E-state index contributed by atoms with van der Waals surface area (Å²) in [4.78, 5) is 0. The van der Waals surface area contributed by atoms with Crippen LogP contribution in [0.3, 0.4) is 0 Å². The Labute approximate surface area is 133 Å². The van der Waals surface area contributed by atoms with Gasteiger partial charge in [0.15, 0.2) is 0 Å². The highest BCUT2D eigenvalue weighted by Crippen LogP contribution is 2.39. The van der Waals surface area contributed by atoms with Crippen LogP contribution in [0.1, 0.15) is 43.7 Å². The Bertz CT molecular complexity index is 520. The first-order valence-electron chi connectivity index (χ1n) is 7.93. The maximum absolute atomic E-state index is 13.8. The van der Waals surface area contributed by atoms with Crippen LogP contribution in [-0.2, 0) is 10.9 Å². The Morgan fingerprint density at radius 1 is 1.26 bits per heavy atom. The minimum absolute atomic E-state index is 0.00439. The van der Waals surface area contributed by atoms with E-state index in [1.165, 1.54) is 19.1 Å². The summed E-state index contributed by atoms with van der Waals surface area (Å²) in [6, 6.07) is 2.46. The minimum atomic E-state index is -4.79. The zero-order valence-corrected chi connectivity index (χ0v) is 13.4. The van der Waals surface area contributed by atoms with Gasteiger partial charge in [-0.2, -0.15) is 13.2 Å². The molecule has 1 aromatic carbocycles. The molecular weight excluding hydrogens is 312 g/mol. The average molecular weight is 334 g/mol. The number of aryl methyl sites for hydroxylation is 1. The maximum Gasteiger partial charge on any atom is 0.422 e. The van der Waals surface area contributed by atoms with Crippen molar-refractivity contribution in [3.8, 4) is 5.75 Å². The van der Waals surface area contributed by atoms with E-state index in [0.29, 0.717) is 12.5 Å². The van der Waals surface area contributed by atoms with Crippen LogP contribution >= 0.6 is 0 Å². The van der Waals surface area contributed by atoms with Crippen LogP contribution in [0, 0.1) is 18.7 Å². The molecule has 1 fully saturated rings. The fourth-order valence-electron chi connectivity index (χ4n) is 2.86. The summed E-state index contributed by atoms with van der Waals surface area (Å²) in [5, 5.41) is 0. The number of ether oxygens (including phenoxy) is 2. The van der Waals surface area contributed by atoms with Gasteiger partial charge < -0.3 is 9.47 Å². The van der Waals surface area contributed by atoms with Gasteiger partial charge in [-0.05, 0) is 43.7 Å². The quantitative estimate of drug-likeness (QED) is 0.695. The van der Waals surface area contributed by atoms with Gasteiger partial charge >= 0.3 is 6.18 Å². The molecule has 0 aromatic heterocycles. The molecule has 2 unspecified atom stereocenters. The van der Waals surface area contributed by atoms with Gasteiger partial charge in [-0.3, -0.25) is 0 Å². The van der Waals surface area contributed by atoms with Crippen molar-refractivity contribution in [1.29, 1.82) is 0 Å². The topological polar surface area (TPSA) is 18.5 Å². The highest BCUT2D eigenvalue weighted by atomic mass is 19.4. The lowest BCUT2D eigenvalue weighted by molar-refractivity contribution is -0.141. The summed E-state index contributed by atoms with van der Waals surface area (Å²) in [5.41, 5.74) is -1.39. The van der Waals surface area contributed by atoms with Crippen molar-refractivity contribution in [2.75, 3.05) is 13.2 Å². The van der Waals surface area contributed by atoms with Crippen LogP contribution in [-0.4, -0.2) is 19.3 Å². The minimum Gasteiger partial charge on any atom is -0.490 e. The molecule has 1 aliphatic rings. The van der Waals surface area contributed by atoms with E-state index < -0.39 is 23.3 Å². The molecule has 1 aromatic rings. The van der Waals surface area contributed by atoms with Gasteiger partial charge in [-0.15, -0.1) is 0 Å². The van der Waals surface area contributed by atoms with Gasteiger partial charge in [0.1, 0.15) is 23.7 Å². The zero-order valence-electron chi connectivity index (χ0n) is 13.4. The molecule has 0 radical (unpaired) electrons. The van der Waals surface area contributed by atoms with Crippen molar-refractivity contribution < 1.29 is 27.0 Å². The lowest BCUT2D eigenvalue weighted by atomic mass is 9.94. The van der Waals surface area contributed by atoms with Crippen LogP contribution in [0.2, 0.25) is 0 Å². The molecule has 1 aliphatic heterocycles. The number of alkyl halides is 3. The molecule has 23 heavy (non-hydrogen) atoms. The van der Waals surface area contributed by atoms with Crippen molar-refractivity contribution in [1.82, 2.24) is 0 Å². The van der Waals surface area contributed by atoms with E-state index in [1.54, 1.807) is 0 Å². The molecular formula is C17H22F4O2. The highest BCUT2D eigenvalue weighted by molar-refractivity contribution is 5.40. The number of hydrogen-bond donors (Lipinski definition) is 0. The zero-order chi connectivity index (χ0) is 17.0. The largest absolute Gasteiger partial charge is 0.490 e.